The largest absolute Gasteiger partial charge is 0.493 e. The summed E-state index contributed by atoms with van der Waals surface area (Å²) in [5.74, 6) is -0.170. The number of aliphatic carboxylic acids is 1. The van der Waals surface area contributed by atoms with Crippen LogP contribution in [-0.2, 0) is 14.8 Å². The van der Waals surface area contributed by atoms with Crippen LogP contribution in [0, 0.1) is 19.3 Å². The van der Waals surface area contributed by atoms with E-state index in [2.05, 4.69) is 4.72 Å². The van der Waals surface area contributed by atoms with Gasteiger partial charge in [0.2, 0.25) is 0 Å². The summed E-state index contributed by atoms with van der Waals surface area (Å²) in [6.07, 6.45) is 1.11. The van der Waals surface area contributed by atoms with Gasteiger partial charge in [0.15, 0.2) is 0 Å². The van der Waals surface area contributed by atoms with E-state index in [1.54, 1.807) is 44.2 Å². The second-order valence-electron chi connectivity index (χ2n) is 8.69. The molecule has 3 aromatic rings. The predicted octanol–water partition coefficient (Wildman–Crippen LogP) is 5.53. The molecule has 0 aliphatic carbocycles. The summed E-state index contributed by atoms with van der Waals surface area (Å²) in [7, 11) is -3.75. The van der Waals surface area contributed by atoms with E-state index in [0.717, 1.165) is 21.9 Å². The van der Waals surface area contributed by atoms with Crippen LogP contribution in [0.1, 0.15) is 37.8 Å². The van der Waals surface area contributed by atoms with Gasteiger partial charge in [-0.15, -0.1) is 0 Å². The Morgan fingerprint density at radius 1 is 1.00 bits per heavy atom. The number of fused-ring (bicyclic) bond motifs is 1. The zero-order valence-corrected chi connectivity index (χ0v) is 19.6. The quantitative estimate of drug-likeness (QED) is 0.414. The molecule has 0 unspecified atom stereocenters. The Kier molecular flexibility index (Phi) is 6.79. The molecule has 0 fully saturated rings. The van der Waals surface area contributed by atoms with Crippen molar-refractivity contribution >= 4 is 32.5 Å². The van der Waals surface area contributed by atoms with Gasteiger partial charge in [0.1, 0.15) is 5.75 Å². The van der Waals surface area contributed by atoms with Crippen molar-refractivity contribution in [2.45, 2.75) is 45.4 Å². The lowest BCUT2D eigenvalue weighted by Gasteiger charge is -2.19. The van der Waals surface area contributed by atoms with Crippen molar-refractivity contribution in [1.29, 1.82) is 0 Å². The van der Waals surface area contributed by atoms with E-state index in [-0.39, 0.29) is 4.90 Å². The maximum absolute atomic E-state index is 13.0. The van der Waals surface area contributed by atoms with Crippen LogP contribution in [0.4, 0.5) is 5.69 Å². The average molecular weight is 456 g/mol. The molecular weight excluding hydrogens is 426 g/mol. The molecule has 0 saturated heterocycles. The highest BCUT2D eigenvalue weighted by atomic mass is 32.2. The Morgan fingerprint density at radius 3 is 2.38 bits per heavy atom. The van der Waals surface area contributed by atoms with Gasteiger partial charge in [-0.2, -0.15) is 0 Å². The molecule has 0 bridgehead atoms. The van der Waals surface area contributed by atoms with Crippen molar-refractivity contribution in [3.63, 3.8) is 0 Å². The molecule has 3 aromatic carbocycles. The number of hydrogen-bond acceptors (Lipinski definition) is 4. The van der Waals surface area contributed by atoms with Gasteiger partial charge in [-0.3, -0.25) is 9.52 Å². The lowest BCUT2D eigenvalue weighted by Crippen LogP contribution is -2.24. The highest BCUT2D eigenvalue weighted by Crippen LogP contribution is 2.29. The minimum atomic E-state index is -3.75. The van der Waals surface area contributed by atoms with Gasteiger partial charge in [0.05, 0.1) is 22.6 Å². The molecular formula is C25H29NO5S. The molecule has 6 nitrogen and oxygen atoms in total. The Balaban J connectivity index is 1.72. The van der Waals surface area contributed by atoms with E-state index in [1.807, 2.05) is 38.1 Å². The number of carbonyl (C=O) groups is 1. The van der Waals surface area contributed by atoms with Crippen LogP contribution in [0.5, 0.6) is 5.75 Å². The van der Waals surface area contributed by atoms with Gasteiger partial charge in [-0.25, -0.2) is 8.42 Å². The van der Waals surface area contributed by atoms with Gasteiger partial charge in [0, 0.05) is 0 Å². The van der Waals surface area contributed by atoms with Gasteiger partial charge in [0.25, 0.3) is 10.0 Å². The molecule has 32 heavy (non-hydrogen) atoms. The normalized spacial score (nSPS) is 12.0. The summed E-state index contributed by atoms with van der Waals surface area (Å²) in [5.41, 5.74) is 1.24. The van der Waals surface area contributed by atoms with Gasteiger partial charge in [-0.1, -0.05) is 30.3 Å². The summed E-state index contributed by atoms with van der Waals surface area (Å²) in [6.45, 7) is 7.45. The third kappa shape index (κ3) is 5.40. The molecule has 0 spiro atoms. The molecule has 0 amide bonds. The number of hydrogen-bond donors (Lipinski definition) is 2. The lowest BCUT2D eigenvalue weighted by atomic mass is 9.88. The number of nitrogens with one attached hydrogen (secondary N) is 1. The topological polar surface area (TPSA) is 92.7 Å². The minimum Gasteiger partial charge on any atom is -0.493 e. The van der Waals surface area contributed by atoms with E-state index in [9.17, 15) is 18.3 Å². The van der Waals surface area contributed by atoms with E-state index in [0.29, 0.717) is 30.9 Å². The van der Waals surface area contributed by atoms with Gasteiger partial charge < -0.3 is 9.84 Å². The van der Waals surface area contributed by atoms with Crippen LogP contribution < -0.4 is 9.46 Å². The van der Waals surface area contributed by atoms with Crippen molar-refractivity contribution in [2.75, 3.05) is 11.3 Å². The Morgan fingerprint density at radius 2 is 1.69 bits per heavy atom. The summed E-state index contributed by atoms with van der Waals surface area (Å²) in [6, 6.07) is 16.2. The number of aryl methyl sites for hydroxylation is 2. The van der Waals surface area contributed by atoms with E-state index >= 15 is 0 Å². The first kappa shape index (κ1) is 23.6. The Bertz CT molecular complexity index is 1250. The zero-order chi connectivity index (χ0) is 23.5. The molecule has 3 rings (SSSR count). The smallest absolute Gasteiger partial charge is 0.309 e. The van der Waals surface area contributed by atoms with E-state index in [4.69, 9.17) is 4.74 Å². The number of anilines is 1. The van der Waals surface area contributed by atoms with Crippen molar-refractivity contribution in [1.82, 2.24) is 0 Å². The number of carboxylic acid groups (broad SMARTS) is 1. The first-order valence-corrected chi connectivity index (χ1v) is 12.0. The average Bonchev–Trinajstić information content (AvgIpc) is 2.73. The summed E-state index contributed by atoms with van der Waals surface area (Å²) in [5, 5.41) is 11.0. The third-order valence-electron chi connectivity index (χ3n) is 5.58. The van der Waals surface area contributed by atoms with Gasteiger partial charge in [-0.05, 0) is 86.7 Å². The van der Waals surface area contributed by atoms with Crippen LogP contribution in [0.15, 0.2) is 59.5 Å². The zero-order valence-electron chi connectivity index (χ0n) is 18.8. The van der Waals surface area contributed by atoms with Crippen molar-refractivity contribution in [3.8, 4) is 5.75 Å². The number of benzene rings is 3. The van der Waals surface area contributed by atoms with E-state index in [1.165, 1.54) is 0 Å². The van der Waals surface area contributed by atoms with Crippen LogP contribution >= 0.6 is 0 Å². The lowest BCUT2D eigenvalue weighted by molar-refractivity contribution is -0.147. The highest BCUT2D eigenvalue weighted by molar-refractivity contribution is 7.92. The van der Waals surface area contributed by atoms with Crippen molar-refractivity contribution < 1.29 is 23.1 Å². The summed E-state index contributed by atoms with van der Waals surface area (Å²) < 4.78 is 34.5. The predicted molar refractivity (Wildman–Crippen MR) is 127 cm³/mol. The molecule has 7 heteroatoms. The SMILES string of the molecule is Cc1cc(OCCCC(C)(C)C(=O)O)c(C)cc1NS(=O)(=O)c1ccc2ccccc2c1. The van der Waals surface area contributed by atoms with Crippen molar-refractivity contribution in [2.24, 2.45) is 5.41 Å². The maximum Gasteiger partial charge on any atom is 0.309 e. The molecule has 0 radical (unpaired) electrons. The fourth-order valence-electron chi connectivity index (χ4n) is 3.40. The van der Waals surface area contributed by atoms with Crippen LogP contribution in [0.25, 0.3) is 10.8 Å². The molecule has 0 saturated carbocycles. The molecule has 0 aliphatic heterocycles. The summed E-state index contributed by atoms with van der Waals surface area (Å²) in [4.78, 5) is 11.4. The highest BCUT2D eigenvalue weighted by Gasteiger charge is 2.26. The molecule has 0 atom stereocenters. The van der Waals surface area contributed by atoms with Gasteiger partial charge >= 0.3 is 5.97 Å². The van der Waals surface area contributed by atoms with Crippen LogP contribution in [0.3, 0.4) is 0 Å². The van der Waals surface area contributed by atoms with Crippen molar-refractivity contribution in [3.05, 3.63) is 65.7 Å². The Hall–Kier alpha value is -3.06. The number of sulfonamides is 1. The molecule has 0 aliphatic rings. The second-order valence-corrected chi connectivity index (χ2v) is 10.4. The first-order valence-electron chi connectivity index (χ1n) is 10.5. The standard InChI is InChI=1S/C25H29NO5S/c1-17-15-23(31-13-7-12-25(3,4)24(27)28)18(2)14-22(17)26-32(29,30)21-11-10-19-8-5-6-9-20(19)16-21/h5-6,8-11,14-16,26H,7,12-13H2,1-4H3,(H,27,28). The summed E-state index contributed by atoms with van der Waals surface area (Å²) >= 11 is 0. The second kappa shape index (κ2) is 9.20. The number of rotatable bonds is 9. The molecule has 0 aromatic heterocycles. The fourth-order valence-corrected chi connectivity index (χ4v) is 4.55. The minimum absolute atomic E-state index is 0.203. The fraction of sp³-hybridized carbons (Fsp3) is 0.320. The molecule has 170 valence electrons. The van der Waals surface area contributed by atoms with E-state index < -0.39 is 21.4 Å². The van der Waals surface area contributed by atoms with Crippen LogP contribution in [-0.4, -0.2) is 26.1 Å². The first-order chi connectivity index (χ1) is 15.0. The number of ether oxygens (including phenoxy) is 1. The maximum atomic E-state index is 13.0. The van der Waals surface area contributed by atoms with Crippen LogP contribution in [0.2, 0.25) is 0 Å². The third-order valence-corrected chi connectivity index (χ3v) is 6.94. The molecule has 0 heterocycles. The Labute approximate surface area is 189 Å². The monoisotopic (exact) mass is 455 g/mol. The number of carboxylic acids is 1. The molecule has 2 N–H and O–H groups in total.